The molecule has 0 radical (unpaired) electrons. The smallest absolute Gasteiger partial charge is 0.328 e. The maximum Gasteiger partial charge on any atom is 0.328 e. The average Bonchev–Trinajstić information content (AvgIpc) is 2.64. The van der Waals surface area contributed by atoms with E-state index in [1.54, 1.807) is 25.3 Å². The molecule has 2 aromatic carbocycles. The largest absolute Gasteiger partial charge is 0.496 e. The maximum atomic E-state index is 10.9. The van der Waals surface area contributed by atoms with Crippen molar-refractivity contribution in [1.82, 2.24) is 0 Å². The summed E-state index contributed by atoms with van der Waals surface area (Å²) in [5.41, 5.74) is 2.51. The van der Waals surface area contributed by atoms with Crippen molar-refractivity contribution in [2.45, 2.75) is 20.0 Å². The van der Waals surface area contributed by atoms with Gasteiger partial charge in [-0.05, 0) is 49.2 Å². The van der Waals surface area contributed by atoms with Gasteiger partial charge in [0.1, 0.15) is 18.1 Å². The molecule has 0 heterocycles. The van der Waals surface area contributed by atoms with Gasteiger partial charge < -0.3 is 14.6 Å². The van der Waals surface area contributed by atoms with Crippen LogP contribution in [0, 0.1) is 0 Å². The summed E-state index contributed by atoms with van der Waals surface area (Å²) in [6.07, 6.45) is 7.18. The van der Waals surface area contributed by atoms with Crippen molar-refractivity contribution in [2.24, 2.45) is 0 Å². The average molecular weight is 373 g/mol. The van der Waals surface area contributed by atoms with E-state index in [1.165, 1.54) is 6.08 Å². The van der Waals surface area contributed by atoms with Crippen LogP contribution in [0.5, 0.6) is 11.5 Å². The molecule has 0 saturated heterocycles. The molecule has 2 aromatic rings. The summed E-state index contributed by atoms with van der Waals surface area (Å²) in [6, 6.07) is 11.0. The third-order valence-corrected chi connectivity index (χ3v) is 3.98. The fraction of sp³-hybridized carbons (Fsp3) is 0.190. The lowest BCUT2D eigenvalue weighted by Crippen LogP contribution is -2.03. The van der Waals surface area contributed by atoms with E-state index < -0.39 is 5.97 Å². The molecular formula is C21H21ClO4. The number of rotatable bonds is 8. The Bertz CT molecular complexity index is 808. The van der Waals surface area contributed by atoms with Crippen molar-refractivity contribution < 1.29 is 19.4 Å². The third kappa shape index (κ3) is 5.39. The van der Waals surface area contributed by atoms with Gasteiger partial charge in [-0.15, -0.1) is 0 Å². The van der Waals surface area contributed by atoms with Gasteiger partial charge in [-0.2, -0.15) is 0 Å². The Labute approximate surface area is 158 Å². The number of carbonyl (C=O) groups is 1. The van der Waals surface area contributed by atoms with E-state index in [0.717, 1.165) is 17.2 Å². The first-order valence-corrected chi connectivity index (χ1v) is 8.52. The van der Waals surface area contributed by atoms with Crippen molar-refractivity contribution in [1.29, 1.82) is 0 Å². The zero-order chi connectivity index (χ0) is 18.9. The van der Waals surface area contributed by atoms with E-state index in [4.69, 9.17) is 26.2 Å². The quantitative estimate of drug-likeness (QED) is 0.514. The minimum atomic E-state index is -1.01. The van der Waals surface area contributed by atoms with Crippen LogP contribution in [-0.2, 0) is 17.8 Å². The number of carboxylic acids is 1. The van der Waals surface area contributed by atoms with E-state index in [9.17, 15) is 4.79 Å². The highest BCUT2D eigenvalue weighted by Crippen LogP contribution is 2.34. The topological polar surface area (TPSA) is 55.8 Å². The zero-order valence-corrected chi connectivity index (χ0v) is 15.5. The van der Waals surface area contributed by atoms with Crippen LogP contribution in [-0.4, -0.2) is 18.2 Å². The molecule has 0 bridgehead atoms. The van der Waals surface area contributed by atoms with Gasteiger partial charge in [-0.25, -0.2) is 4.79 Å². The Morgan fingerprint density at radius 2 is 1.92 bits per heavy atom. The van der Waals surface area contributed by atoms with Gasteiger partial charge in [-0.3, -0.25) is 0 Å². The van der Waals surface area contributed by atoms with Crippen LogP contribution in [0.2, 0.25) is 5.02 Å². The standard InChI is InChI=1S/C21H21ClO4/c1-3-4-5-18-19(25-2)12-8-16(9-13-20(23)24)21(18)26-14-15-6-10-17(22)11-7-15/h3-4,6-13H,5,14H2,1-2H3,(H,23,24)/b4-3+,13-9+. The highest BCUT2D eigenvalue weighted by Gasteiger charge is 2.14. The molecule has 0 spiro atoms. The van der Waals surface area contributed by atoms with Gasteiger partial charge in [-0.1, -0.05) is 35.9 Å². The first-order chi connectivity index (χ1) is 12.5. The molecule has 0 atom stereocenters. The van der Waals surface area contributed by atoms with Crippen LogP contribution >= 0.6 is 11.6 Å². The molecule has 4 nitrogen and oxygen atoms in total. The molecule has 26 heavy (non-hydrogen) atoms. The molecule has 2 rings (SSSR count). The highest BCUT2D eigenvalue weighted by molar-refractivity contribution is 6.30. The van der Waals surface area contributed by atoms with Crippen LogP contribution in [0.3, 0.4) is 0 Å². The summed E-state index contributed by atoms with van der Waals surface area (Å²) in [7, 11) is 1.60. The second kappa shape index (κ2) is 9.68. The number of ether oxygens (including phenoxy) is 2. The van der Waals surface area contributed by atoms with Crippen molar-refractivity contribution >= 4 is 23.6 Å². The number of halogens is 1. The number of methoxy groups -OCH3 is 1. The molecule has 0 amide bonds. The van der Waals surface area contributed by atoms with Crippen LogP contribution < -0.4 is 9.47 Å². The second-order valence-electron chi connectivity index (χ2n) is 5.52. The van der Waals surface area contributed by atoms with E-state index in [0.29, 0.717) is 35.1 Å². The number of carboxylic acid groups (broad SMARTS) is 1. The minimum absolute atomic E-state index is 0.334. The Hall–Kier alpha value is -2.72. The molecule has 136 valence electrons. The summed E-state index contributed by atoms with van der Waals surface area (Å²) in [4.78, 5) is 10.9. The summed E-state index contributed by atoms with van der Waals surface area (Å²) in [5, 5.41) is 9.60. The number of allylic oxidation sites excluding steroid dienone is 2. The highest BCUT2D eigenvalue weighted by atomic mass is 35.5. The number of benzene rings is 2. The van der Waals surface area contributed by atoms with Crippen LogP contribution in [0.4, 0.5) is 0 Å². The lowest BCUT2D eigenvalue weighted by atomic mass is 10.0. The molecule has 0 fully saturated rings. The van der Waals surface area contributed by atoms with E-state index >= 15 is 0 Å². The normalized spacial score (nSPS) is 11.2. The summed E-state index contributed by atoms with van der Waals surface area (Å²) in [5.74, 6) is 0.288. The summed E-state index contributed by atoms with van der Waals surface area (Å²) < 4.78 is 11.5. The van der Waals surface area contributed by atoms with Gasteiger partial charge in [0.25, 0.3) is 0 Å². The zero-order valence-electron chi connectivity index (χ0n) is 14.7. The van der Waals surface area contributed by atoms with Crippen LogP contribution in [0.1, 0.15) is 23.6 Å². The van der Waals surface area contributed by atoms with Gasteiger partial charge in [0.2, 0.25) is 0 Å². The molecule has 0 aliphatic rings. The number of hydrogen-bond donors (Lipinski definition) is 1. The SMILES string of the molecule is C/C=C/Cc1c(OC)ccc(/C=C/C(=O)O)c1OCc1ccc(Cl)cc1. The van der Waals surface area contributed by atoms with Gasteiger partial charge in [0.05, 0.1) is 7.11 Å². The van der Waals surface area contributed by atoms with Crippen LogP contribution in [0.15, 0.2) is 54.6 Å². The summed E-state index contributed by atoms with van der Waals surface area (Å²) >= 11 is 5.92. The van der Waals surface area contributed by atoms with Crippen molar-refractivity contribution in [3.8, 4) is 11.5 Å². The Balaban J connectivity index is 2.41. The summed E-state index contributed by atoms with van der Waals surface area (Å²) in [6.45, 7) is 2.27. The minimum Gasteiger partial charge on any atom is -0.496 e. The maximum absolute atomic E-state index is 10.9. The van der Waals surface area contributed by atoms with Crippen molar-refractivity contribution in [2.75, 3.05) is 7.11 Å². The third-order valence-electron chi connectivity index (χ3n) is 3.73. The Morgan fingerprint density at radius 1 is 1.19 bits per heavy atom. The molecule has 0 aliphatic carbocycles. The molecule has 0 aliphatic heterocycles. The molecule has 5 heteroatoms. The van der Waals surface area contributed by atoms with Crippen molar-refractivity contribution in [3.63, 3.8) is 0 Å². The lowest BCUT2D eigenvalue weighted by molar-refractivity contribution is -0.131. The van der Waals surface area contributed by atoms with E-state index in [1.807, 2.05) is 37.3 Å². The fourth-order valence-electron chi connectivity index (χ4n) is 2.45. The monoisotopic (exact) mass is 372 g/mol. The lowest BCUT2D eigenvalue weighted by Gasteiger charge is -2.17. The predicted molar refractivity (Wildman–Crippen MR) is 104 cm³/mol. The van der Waals surface area contributed by atoms with Crippen molar-refractivity contribution in [3.05, 3.63) is 76.3 Å². The predicted octanol–water partition coefficient (Wildman–Crippen LogP) is 5.14. The van der Waals surface area contributed by atoms with E-state index in [2.05, 4.69) is 0 Å². The molecule has 1 N–H and O–H groups in total. The number of hydrogen-bond acceptors (Lipinski definition) is 3. The first kappa shape index (κ1) is 19.6. The fourth-order valence-corrected chi connectivity index (χ4v) is 2.57. The Morgan fingerprint density at radius 3 is 2.54 bits per heavy atom. The first-order valence-electron chi connectivity index (χ1n) is 8.14. The van der Waals surface area contributed by atoms with Gasteiger partial charge >= 0.3 is 5.97 Å². The van der Waals surface area contributed by atoms with Crippen LogP contribution in [0.25, 0.3) is 6.08 Å². The molecule has 0 aromatic heterocycles. The second-order valence-corrected chi connectivity index (χ2v) is 5.96. The van der Waals surface area contributed by atoms with Gasteiger partial charge in [0, 0.05) is 22.2 Å². The Kier molecular flexibility index (Phi) is 7.30. The molecule has 0 saturated carbocycles. The number of aliphatic carboxylic acids is 1. The molecular weight excluding hydrogens is 352 g/mol. The van der Waals surface area contributed by atoms with Gasteiger partial charge in [0.15, 0.2) is 0 Å². The molecule has 0 unspecified atom stereocenters. The van der Waals surface area contributed by atoms with E-state index in [-0.39, 0.29) is 0 Å².